The third kappa shape index (κ3) is 8.49. The van der Waals surface area contributed by atoms with E-state index in [1.165, 1.54) is 49.3 Å². The van der Waals surface area contributed by atoms with Crippen LogP contribution < -0.4 is 9.73 Å². The van der Waals surface area contributed by atoms with Gasteiger partial charge in [0, 0.05) is 5.71 Å². The molecule has 1 fully saturated rings. The number of anilines is 1. The first kappa shape index (κ1) is 26.9. The molecule has 2 aromatic carbocycles. The third-order valence-electron chi connectivity index (χ3n) is 6.46. The van der Waals surface area contributed by atoms with Gasteiger partial charge in [-0.25, -0.2) is 13.8 Å². The molecule has 1 aliphatic rings. The lowest BCUT2D eigenvalue weighted by atomic mass is 10.00. The number of rotatable bonds is 6. The van der Waals surface area contributed by atoms with Crippen LogP contribution in [-0.2, 0) is 14.8 Å². The molecule has 0 saturated heterocycles. The number of nitrogens with zero attached hydrogens (tertiary/aromatic N) is 2. The molecule has 0 aromatic heterocycles. The van der Waals surface area contributed by atoms with E-state index in [0.29, 0.717) is 5.69 Å². The van der Waals surface area contributed by atoms with Crippen molar-refractivity contribution in [2.45, 2.75) is 89.4 Å². The molecule has 0 aliphatic heterocycles. The molecular weight excluding hydrogens is 458 g/mol. The summed E-state index contributed by atoms with van der Waals surface area (Å²) in [6, 6.07) is 13.9. The highest BCUT2D eigenvalue weighted by Crippen LogP contribution is 2.25. The quantitative estimate of drug-likeness (QED) is 0.477. The number of benzene rings is 2. The van der Waals surface area contributed by atoms with E-state index < -0.39 is 15.9 Å². The number of carbonyl (C=O) groups excluding carboxylic acids is 1. The van der Waals surface area contributed by atoms with Gasteiger partial charge >= 0.3 is 0 Å². The third-order valence-corrected chi connectivity index (χ3v) is 8.24. The van der Waals surface area contributed by atoms with E-state index in [1.807, 2.05) is 19.9 Å². The van der Waals surface area contributed by atoms with E-state index in [2.05, 4.69) is 10.5 Å². The van der Waals surface area contributed by atoms with Gasteiger partial charge in [0.25, 0.3) is 15.9 Å². The van der Waals surface area contributed by atoms with Crippen LogP contribution in [0.3, 0.4) is 0 Å². The molecule has 1 aliphatic carbocycles. The summed E-state index contributed by atoms with van der Waals surface area (Å²) in [4.78, 5) is 13.1. The molecule has 0 atom stereocenters. The van der Waals surface area contributed by atoms with Crippen molar-refractivity contribution in [2.24, 2.45) is 5.10 Å². The van der Waals surface area contributed by atoms with Crippen LogP contribution in [0.5, 0.6) is 0 Å². The second-order valence-electron chi connectivity index (χ2n) is 9.56. The Hall–Kier alpha value is -2.67. The molecule has 0 radical (unpaired) electrons. The van der Waals surface area contributed by atoms with Gasteiger partial charge in [-0.2, -0.15) is 5.10 Å². The molecule has 35 heavy (non-hydrogen) atoms. The van der Waals surface area contributed by atoms with Crippen LogP contribution in [0.2, 0.25) is 0 Å². The van der Waals surface area contributed by atoms with Crippen molar-refractivity contribution < 1.29 is 13.2 Å². The molecule has 0 spiro atoms. The summed E-state index contributed by atoms with van der Waals surface area (Å²) in [5, 5.41) is 4.44. The fourth-order valence-corrected chi connectivity index (χ4v) is 5.79. The zero-order valence-electron chi connectivity index (χ0n) is 21.1. The molecule has 190 valence electrons. The van der Waals surface area contributed by atoms with Gasteiger partial charge in [-0.3, -0.25) is 9.10 Å². The van der Waals surface area contributed by atoms with Gasteiger partial charge in [0.2, 0.25) is 0 Å². The first-order valence-corrected chi connectivity index (χ1v) is 14.3. The monoisotopic (exact) mass is 497 g/mol. The van der Waals surface area contributed by atoms with Gasteiger partial charge in [0.15, 0.2) is 0 Å². The molecular formula is C28H39N3O3S. The van der Waals surface area contributed by atoms with Crippen LogP contribution in [-0.4, -0.2) is 26.6 Å². The van der Waals surface area contributed by atoms with Crippen molar-refractivity contribution in [3.8, 4) is 0 Å². The van der Waals surface area contributed by atoms with Crippen molar-refractivity contribution in [3.63, 3.8) is 0 Å². The second kappa shape index (κ2) is 13.4. The largest absolute Gasteiger partial charge is 0.271 e. The number of hydrogen-bond acceptors (Lipinski definition) is 4. The average molecular weight is 498 g/mol. The van der Waals surface area contributed by atoms with Crippen LogP contribution in [0, 0.1) is 13.8 Å². The van der Waals surface area contributed by atoms with E-state index in [0.717, 1.165) is 42.5 Å². The summed E-state index contributed by atoms with van der Waals surface area (Å²) in [5.41, 5.74) is 6.00. The Morgan fingerprint density at radius 3 is 1.97 bits per heavy atom. The fraction of sp³-hybridized carbons (Fsp3) is 0.500. The first-order chi connectivity index (χ1) is 16.9. The summed E-state index contributed by atoms with van der Waals surface area (Å²) < 4.78 is 28.2. The number of hydrazone groups is 1. The lowest BCUT2D eigenvalue weighted by Crippen LogP contribution is -2.39. The van der Waals surface area contributed by atoms with Gasteiger partial charge in [-0.1, -0.05) is 74.8 Å². The lowest BCUT2D eigenvalue weighted by molar-refractivity contribution is -0.119. The zero-order chi connectivity index (χ0) is 25.1. The molecule has 6 nitrogen and oxygen atoms in total. The van der Waals surface area contributed by atoms with Crippen LogP contribution in [0.1, 0.15) is 81.8 Å². The van der Waals surface area contributed by atoms with Gasteiger partial charge in [0.05, 0.1) is 10.6 Å². The molecule has 3 rings (SSSR count). The van der Waals surface area contributed by atoms with E-state index in [1.54, 1.807) is 42.5 Å². The number of sulfonamides is 1. The summed E-state index contributed by atoms with van der Waals surface area (Å²) in [7, 11) is -3.93. The van der Waals surface area contributed by atoms with Crippen LogP contribution in [0.25, 0.3) is 0 Å². The van der Waals surface area contributed by atoms with Gasteiger partial charge in [0.1, 0.15) is 6.54 Å². The SMILES string of the molecule is Cc1ccc(S(=O)(=O)N(CC(=O)NN=C2CCCCCCCCCCC2)c2cccc(C)c2)cc1. The Labute approximate surface area is 210 Å². The van der Waals surface area contributed by atoms with Crippen LogP contribution in [0.15, 0.2) is 58.5 Å². The summed E-state index contributed by atoms with van der Waals surface area (Å²) in [5.74, 6) is -0.444. The normalized spacial score (nSPS) is 16.0. The Kier molecular flexibility index (Phi) is 10.3. The Morgan fingerprint density at radius 1 is 0.829 bits per heavy atom. The van der Waals surface area contributed by atoms with Gasteiger partial charge in [-0.15, -0.1) is 0 Å². The van der Waals surface area contributed by atoms with E-state index in [-0.39, 0.29) is 11.4 Å². The average Bonchev–Trinajstić information content (AvgIpc) is 2.82. The highest BCUT2D eigenvalue weighted by Gasteiger charge is 2.27. The number of amides is 1. The number of carbonyl (C=O) groups is 1. The summed E-state index contributed by atoms with van der Waals surface area (Å²) in [6.45, 7) is 3.47. The predicted molar refractivity (Wildman–Crippen MR) is 143 cm³/mol. The minimum Gasteiger partial charge on any atom is -0.271 e. The minimum absolute atomic E-state index is 0.156. The smallest absolute Gasteiger partial charge is 0.264 e. The zero-order valence-corrected chi connectivity index (χ0v) is 21.9. The first-order valence-electron chi connectivity index (χ1n) is 12.9. The highest BCUT2D eigenvalue weighted by molar-refractivity contribution is 7.92. The molecule has 1 N–H and O–H groups in total. The summed E-state index contributed by atoms with van der Waals surface area (Å²) in [6.07, 6.45) is 12.7. The molecule has 1 saturated carbocycles. The Morgan fingerprint density at radius 2 is 1.40 bits per heavy atom. The van der Waals surface area contributed by atoms with Crippen molar-refractivity contribution in [2.75, 3.05) is 10.8 Å². The van der Waals surface area contributed by atoms with Gasteiger partial charge < -0.3 is 0 Å². The lowest BCUT2D eigenvalue weighted by Gasteiger charge is -2.24. The highest BCUT2D eigenvalue weighted by atomic mass is 32.2. The minimum atomic E-state index is -3.93. The molecule has 0 unspecified atom stereocenters. The maximum absolute atomic E-state index is 13.5. The maximum atomic E-state index is 13.5. The molecule has 0 heterocycles. The van der Waals surface area contributed by atoms with Crippen molar-refractivity contribution in [3.05, 3.63) is 59.7 Å². The number of hydrogen-bond donors (Lipinski definition) is 1. The molecule has 2 aromatic rings. The Balaban J connectivity index is 1.76. The standard InChI is InChI=1S/C28H39N3O3S/c1-23-17-19-27(20-18-23)35(33,34)31(26-16-12-13-24(2)21-26)22-28(32)30-29-25-14-10-8-6-4-3-5-7-9-11-15-25/h12-13,16-21H,3-11,14-15,22H2,1-2H3,(H,30,32). The molecule has 1 amide bonds. The van der Waals surface area contributed by atoms with E-state index in [9.17, 15) is 13.2 Å². The van der Waals surface area contributed by atoms with E-state index >= 15 is 0 Å². The number of aryl methyl sites for hydroxylation is 2. The van der Waals surface area contributed by atoms with E-state index in [4.69, 9.17) is 0 Å². The predicted octanol–water partition coefficient (Wildman–Crippen LogP) is 6.28. The van der Waals surface area contributed by atoms with Crippen molar-refractivity contribution >= 4 is 27.3 Å². The topological polar surface area (TPSA) is 78.8 Å². The maximum Gasteiger partial charge on any atom is 0.264 e. The fourth-order valence-electron chi connectivity index (χ4n) is 4.38. The van der Waals surface area contributed by atoms with Crippen LogP contribution in [0.4, 0.5) is 5.69 Å². The molecule has 7 heteroatoms. The second-order valence-corrected chi connectivity index (χ2v) is 11.4. The van der Waals surface area contributed by atoms with Crippen LogP contribution >= 0.6 is 0 Å². The Bertz CT molecular complexity index is 1080. The van der Waals surface area contributed by atoms with Gasteiger partial charge in [-0.05, 0) is 69.4 Å². The van der Waals surface area contributed by atoms with Crippen molar-refractivity contribution in [1.29, 1.82) is 0 Å². The molecule has 0 bridgehead atoms. The summed E-state index contributed by atoms with van der Waals surface area (Å²) >= 11 is 0. The van der Waals surface area contributed by atoms with Crippen molar-refractivity contribution in [1.82, 2.24) is 5.43 Å². The number of nitrogens with one attached hydrogen (secondary N) is 1.